The Bertz CT molecular complexity index is 402. The number of rotatable bonds is 1. The van der Waals surface area contributed by atoms with Crippen LogP contribution in [-0.4, -0.2) is 23.8 Å². The summed E-state index contributed by atoms with van der Waals surface area (Å²) in [7, 11) is 0. The lowest BCUT2D eigenvalue weighted by molar-refractivity contribution is -0.151. The van der Waals surface area contributed by atoms with Crippen molar-refractivity contribution in [1.82, 2.24) is 0 Å². The Morgan fingerprint density at radius 1 is 1.53 bits per heavy atom. The van der Waals surface area contributed by atoms with Gasteiger partial charge in [0.1, 0.15) is 11.5 Å². The fourth-order valence-corrected chi connectivity index (χ4v) is 4.22. The fraction of sp³-hybridized carbons (Fsp3) is 0.786. The highest BCUT2D eigenvalue weighted by Crippen LogP contribution is 2.64. The SMILES string of the molecule is C=C1[C@H]2[C@@H]3C[C@H](C)[C@@]1(C)CC[C@@]2(CO)C(=O)O3. The minimum Gasteiger partial charge on any atom is -0.461 e. The molecule has 1 N–H and O–H groups in total. The van der Waals surface area contributed by atoms with E-state index in [0.29, 0.717) is 5.92 Å². The molecule has 3 aliphatic rings. The second-order valence-electron chi connectivity index (χ2n) is 6.32. The van der Waals surface area contributed by atoms with Crippen LogP contribution < -0.4 is 0 Å². The van der Waals surface area contributed by atoms with Crippen molar-refractivity contribution in [2.75, 3.05) is 6.61 Å². The monoisotopic (exact) mass is 236 g/mol. The normalized spacial score (nSPS) is 52.5. The second-order valence-corrected chi connectivity index (χ2v) is 6.32. The fourth-order valence-electron chi connectivity index (χ4n) is 4.22. The van der Waals surface area contributed by atoms with Gasteiger partial charge in [-0.3, -0.25) is 4.79 Å². The average Bonchev–Trinajstić information content (AvgIpc) is 2.58. The predicted molar refractivity (Wildman–Crippen MR) is 63.2 cm³/mol. The van der Waals surface area contributed by atoms with Gasteiger partial charge in [-0.25, -0.2) is 0 Å². The Labute approximate surface area is 102 Å². The van der Waals surface area contributed by atoms with Gasteiger partial charge in [0.05, 0.1) is 6.61 Å². The predicted octanol–water partition coefficient (Wildman–Crippen LogP) is 1.90. The summed E-state index contributed by atoms with van der Waals surface area (Å²) in [5.41, 5.74) is 0.572. The van der Waals surface area contributed by atoms with Crippen molar-refractivity contribution in [3.05, 3.63) is 12.2 Å². The summed E-state index contributed by atoms with van der Waals surface area (Å²) in [6.45, 7) is 8.62. The number of aliphatic hydroxyl groups excluding tert-OH is 1. The zero-order chi connectivity index (χ0) is 12.4. The van der Waals surface area contributed by atoms with Crippen LogP contribution in [-0.2, 0) is 9.53 Å². The lowest BCUT2D eigenvalue weighted by atomic mass is 9.48. The van der Waals surface area contributed by atoms with Crippen molar-refractivity contribution < 1.29 is 14.6 Å². The van der Waals surface area contributed by atoms with Gasteiger partial charge in [-0.2, -0.15) is 0 Å². The molecule has 3 rings (SSSR count). The summed E-state index contributed by atoms with van der Waals surface area (Å²) in [5.74, 6) is 0.334. The molecule has 0 aromatic rings. The summed E-state index contributed by atoms with van der Waals surface area (Å²) < 4.78 is 5.52. The Balaban J connectivity index is 2.11. The molecular formula is C14H20O3. The smallest absolute Gasteiger partial charge is 0.315 e. The molecule has 0 amide bonds. The van der Waals surface area contributed by atoms with Crippen molar-refractivity contribution in [3.63, 3.8) is 0 Å². The maximum Gasteiger partial charge on any atom is 0.315 e. The van der Waals surface area contributed by atoms with E-state index in [4.69, 9.17) is 4.74 Å². The number of esters is 1. The molecule has 1 saturated heterocycles. The topological polar surface area (TPSA) is 46.5 Å². The molecule has 0 spiro atoms. The number of carbonyl (C=O) groups is 1. The highest BCUT2D eigenvalue weighted by atomic mass is 16.6. The van der Waals surface area contributed by atoms with Crippen LogP contribution in [0.2, 0.25) is 0 Å². The van der Waals surface area contributed by atoms with Crippen LogP contribution in [0.5, 0.6) is 0 Å². The summed E-state index contributed by atoms with van der Waals surface area (Å²) >= 11 is 0. The zero-order valence-corrected chi connectivity index (χ0v) is 10.5. The van der Waals surface area contributed by atoms with Crippen LogP contribution >= 0.6 is 0 Å². The van der Waals surface area contributed by atoms with Crippen molar-refractivity contribution in [3.8, 4) is 0 Å². The summed E-state index contributed by atoms with van der Waals surface area (Å²) in [4.78, 5) is 12.1. The molecule has 5 atom stereocenters. The average molecular weight is 236 g/mol. The van der Waals surface area contributed by atoms with Gasteiger partial charge >= 0.3 is 5.97 Å². The van der Waals surface area contributed by atoms with Crippen molar-refractivity contribution in [2.45, 2.75) is 39.2 Å². The van der Waals surface area contributed by atoms with E-state index in [2.05, 4.69) is 20.4 Å². The molecule has 0 unspecified atom stereocenters. The van der Waals surface area contributed by atoms with Crippen LogP contribution in [0, 0.1) is 22.7 Å². The second kappa shape index (κ2) is 3.14. The van der Waals surface area contributed by atoms with Gasteiger partial charge in [0, 0.05) is 5.92 Å². The number of ether oxygens (including phenoxy) is 1. The van der Waals surface area contributed by atoms with Gasteiger partial charge in [0.2, 0.25) is 0 Å². The maximum absolute atomic E-state index is 12.1. The molecule has 3 fully saturated rings. The first-order valence-corrected chi connectivity index (χ1v) is 6.47. The summed E-state index contributed by atoms with van der Waals surface area (Å²) in [5, 5.41) is 9.68. The molecule has 1 heterocycles. The number of carbonyl (C=O) groups excluding carboxylic acids is 1. The largest absolute Gasteiger partial charge is 0.461 e. The molecule has 1 aliphatic heterocycles. The highest BCUT2D eigenvalue weighted by molar-refractivity contribution is 5.81. The van der Waals surface area contributed by atoms with E-state index in [1.807, 2.05) is 0 Å². The van der Waals surface area contributed by atoms with Crippen molar-refractivity contribution >= 4 is 5.97 Å². The quantitative estimate of drug-likeness (QED) is 0.558. The number of hydrogen-bond donors (Lipinski definition) is 1. The zero-order valence-electron chi connectivity index (χ0n) is 10.5. The summed E-state index contributed by atoms with van der Waals surface area (Å²) in [6, 6.07) is 0. The third-order valence-electron chi connectivity index (χ3n) is 5.79. The Morgan fingerprint density at radius 2 is 2.24 bits per heavy atom. The molecular weight excluding hydrogens is 216 g/mol. The van der Waals surface area contributed by atoms with Crippen LogP contribution in [0.1, 0.15) is 33.1 Å². The standard InChI is InChI=1S/C14H20O3/c1-8-6-10-11-9(2)13(8,3)4-5-14(11,7-15)12(16)17-10/h8,10-11,15H,2,4-7H2,1,3H3/t8-,10-,11-,13+,14-/m0/s1. The van der Waals surface area contributed by atoms with Gasteiger partial charge in [-0.15, -0.1) is 0 Å². The van der Waals surface area contributed by atoms with E-state index >= 15 is 0 Å². The Kier molecular flexibility index (Phi) is 2.08. The molecule has 0 aromatic carbocycles. The first kappa shape index (κ1) is 11.3. The number of hydrogen-bond acceptors (Lipinski definition) is 3. The molecule has 94 valence electrons. The van der Waals surface area contributed by atoms with Crippen LogP contribution in [0.4, 0.5) is 0 Å². The van der Waals surface area contributed by atoms with Gasteiger partial charge in [0.25, 0.3) is 0 Å². The number of aliphatic hydroxyl groups is 1. The van der Waals surface area contributed by atoms with E-state index in [9.17, 15) is 9.90 Å². The van der Waals surface area contributed by atoms with Crippen molar-refractivity contribution in [2.24, 2.45) is 22.7 Å². The summed E-state index contributed by atoms with van der Waals surface area (Å²) in [6.07, 6.45) is 2.54. The first-order valence-electron chi connectivity index (χ1n) is 6.47. The van der Waals surface area contributed by atoms with E-state index in [1.54, 1.807) is 0 Å². The maximum atomic E-state index is 12.1. The Hall–Kier alpha value is -0.830. The lowest BCUT2D eigenvalue weighted by Gasteiger charge is -2.53. The lowest BCUT2D eigenvalue weighted by Crippen LogP contribution is -2.52. The van der Waals surface area contributed by atoms with Crippen molar-refractivity contribution in [1.29, 1.82) is 0 Å². The Morgan fingerprint density at radius 3 is 2.88 bits per heavy atom. The van der Waals surface area contributed by atoms with E-state index in [0.717, 1.165) is 24.8 Å². The first-order chi connectivity index (χ1) is 7.95. The molecule has 3 heteroatoms. The van der Waals surface area contributed by atoms with Crippen LogP contribution in [0.3, 0.4) is 0 Å². The van der Waals surface area contributed by atoms with E-state index < -0.39 is 5.41 Å². The molecule has 2 saturated carbocycles. The minimum atomic E-state index is -0.679. The molecule has 0 aromatic heterocycles. The number of fused-ring (bicyclic) bond motifs is 1. The molecule has 2 bridgehead atoms. The molecule has 17 heavy (non-hydrogen) atoms. The minimum absolute atomic E-state index is 0.0370. The third kappa shape index (κ3) is 1.09. The van der Waals surface area contributed by atoms with E-state index in [-0.39, 0.29) is 30.0 Å². The van der Waals surface area contributed by atoms with Gasteiger partial charge < -0.3 is 9.84 Å². The van der Waals surface area contributed by atoms with E-state index in [1.165, 1.54) is 0 Å². The van der Waals surface area contributed by atoms with Gasteiger partial charge in [-0.1, -0.05) is 26.0 Å². The third-order valence-corrected chi connectivity index (χ3v) is 5.79. The van der Waals surface area contributed by atoms with Gasteiger partial charge in [-0.05, 0) is 30.6 Å². The highest BCUT2D eigenvalue weighted by Gasteiger charge is 2.66. The van der Waals surface area contributed by atoms with Crippen LogP contribution in [0.15, 0.2) is 12.2 Å². The van der Waals surface area contributed by atoms with Gasteiger partial charge in [0.15, 0.2) is 0 Å². The molecule has 3 nitrogen and oxygen atoms in total. The molecule has 0 radical (unpaired) electrons. The van der Waals surface area contributed by atoms with Crippen LogP contribution in [0.25, 0.3) is 0 Å². The molecule has 2 aliphatic carbocycles.